The van der Waals surface area contributed by atoms with Crippen LogP contribution in [0.4, 0.5) is 0 Å². The van der Waals surface area contributed by atoms with E-state index >= 15 is 0 Å². The summed E-state index contributed by atoms with van der Waals surface area (Å²) in [7, 11) is 1.65. The van der Waals surface area contributed by atoms with Gasteiger partial charge < -0.3 is 14.1 Å². The maximum Gasteiger partial charge on any atom is 0.247 e. The molecule has 0 unspecified atom stereocenters. The van der Waals surface area contributed by atoms with Crippen LogP contribution in [0.5, 0.6) is 5.75 Å². The van der Waals surface area contributed by atoms with E-state index in [2.05, 4.69) is 31.0 Å². The highest BCUT2D eigenvalue weighted by molar-refractivity contribution is 9.10. The second kappa shape index (κ2) is 10.7. The Morgan fingerprint density at radius 1 is 1.09 bits per heavy atom. The lowest BCUT2D eigenvalue weighted by atomic mass is 10.1. The first-order chi connectivity index (χ1) is 15.6. The molecule has 0 radical (unpaired) electrons. The summed E-state index contributed by atoms with van der Waals surface area (Å²) >= 11 is 3.47. The van der Waals surface area contributed by atoms with E-state index in [1.807, 2.05) is 53.4 Å². The van der Waals surface area contributed by atoms with Crippen molar-refractivity contribution in [2.45, 2.75) is 25.8 Å². The third-order valence-electron chi connectivity index (χ3n) is 5.63. The molecule has 2 aromatic carbocycles. The Kier molecular flexibility index (Phi) is 7.55. The van der Waals surface area contributed by atoms with Crippen molar-refractivity contribution >= 4 is 21.8 Å². The lowest BCUT2D eigenvalue weighted by molar-refractivity contribution is -0.131. The number of amides is 1. The third-order valence-corrected chi connectivity index (χ3v) is 6.12. The molecule has 32 heavy (non-hydrogen) atoms. The molecule has 0 N–H and O–H groups in total. The summed E-state index contributed by atoms with van der Waals surface area (Å²) in [6.07, 6.45) is 2.19. The van der Waals surface area contributed by atoms with Crippen molar-refractivity contribution in [1.29, 1.82) is 0 Å². The topological polar surface area (TPSA) is 71.7 Å². The number of ether oxygens (including phenoxy) is 1. The average molecular weight is 499 g/mol. The fraction of sp³-hybridized carbons (Fsp3) is 0.375. The Hall–Kier alpha value is -2.71. The van der Waals surface area contributed by atoms with Gasteiger partial charge in [-0.1, -0.05) is 34.1 Å². The molecule has 0 bridgehead atoms. The summed E-state index contributed by atoms with van der Waals surface area (Å²) in [5.74, 6) is 2.15. The molecule has 7 nitrogen and oxygen atoms in total. The molecular formula is C24H27BrN4O3. The molecule has 1 saturated heterocycles. The van der Waals surface area contributed by atoms with E-state index in [0.717, 1.165) is 53.8 Å². The number of nitrogens with zero attached hydrogens (tertiary/aromatic N) is 4. The molecular weight excluding hydrogens is 472 g/mol. The molecule has 1 fully saturated rings. The molecule has 4 rings (SSSR count). The number of hydrogen-bond acceptors (Lipinski definition) is 6. The van der Waals surface area contributed by atoms with E-state index < -0.39 is 0 Å². The van der Waals surface area contributed by atoms with Crippen LogP contribution in [0.25, 0.3) is 11.5 Å². The highest BCUT2D eigenvalue weighted by Crippen LogP contribution is 2.22. The Balaban J connectivity index is 1.27. The first-order valence-corrected chi connectivity index (χ1v) is 11.6. The van der Waals surface area contributed by atoms with Gasteiger partial charge in [0.2, 0.25) is 17.7 Å². The summed E-state index contributed by atoms with van der Waals surface area (Å²) < 4.78 is 12.0. The average Bonchev–Trinajstić information content (AvgIpc) is 3.15. The molecule has 3 aromatic rings. The van der Waals surface area contributed by atoms with E-state index in [1.165, 1.54) is 0 Å². The van der Waals surface area contributed by atoms with Gasteiger partial charge in [-0.25, -0.2) is 0 Å². The molecule has 1 aliphatic heterocycles. The minimum Gasteiger partial charge on any atom is -0.497 e. The van der Waals surface area contributed by atoms with Crippen molar-refractivity contribution in [2.24, 2.45) is 0 Å². The molecule has 0 saturated carbocycles. The smallest absolute Gasteiger partial charge is 0.247 e. The van der Waals surface area contributed by atoms with Crippen LogP contribution < -0.4 is 4.74 Å². The van der Waals surface area contributed by atoms with Crippen molar-refractivity contribution in [2.75, 3.05) is 33.3 Å². The van der Waals surface area contributed by atoms with Crippen LogP contribution >= 0.6 is 15.9 Å². The first kappa shape index (κ1) is 22.5. The number of carbonyl (C=O) groups is 1. The summed E-state index contributed by atoms with van der Waals surface area (Å²) in [6.45, 7) is 3.79. The van der Waals surface area contributed by atoms with Crippen molar-refractivity contribution < 1.29 is 13.9 Å². The summed E-state index contributed by atoms with van der Waals surface area (Å²) in [5, 5.41) is 8.40. The van der Waals surface area contributed by atoms with Gasteiger partial charge >= 0.3 is 0 Å². The fourth-order valence-electron chi connectivity index (χ4n) is 3.83. The number of rotatable bonds is 7. The van der Waals surface area contributed by atoms with Crippen LogP contribution in [0.1, 0.15) is 24.3 Å². The Morgan fingerprint density at radius 3 is 2.72 bits per heavy atom. The van der Waals surface area contributed by atoms with Gasteiger partial charge in [-0.2, -0.15) is 0 Å². The first-order valence-electron chi connectivity index (χ1n) is 10.8. The Bertz CT molecular complexity index is 1040. The van der Waals surface area contributed by atoms with E-state index in [0.29, 0.717) is 31.3 Å². The molecule has 0 aliphatic carbocycles. The standard InChI is InChI=1S/C24H27BrN4O3/c1-31-21-9-6-18(7-10-21)8-11-23(30)29-13-3-12-28(14-15-29)17-22-26-27-24(32-22)19-4-2-5-20(25)16-19/h2,4-7,9-10,16H,3,8,11-15,17H2,1H3. The number of carbonyl (C=O) groups excluding carboxylic acids is 1. The molecule has 8 heteroatoms. The van der Waals surface area contributed by atoms with Crippen LogP contribution in [0.15, 0.2) is 57.4 Å². The normalized spacial score (nSPS) is 14.9. The molecule has 1 aromatic heterocycles. The van der Waals surface area contributed by atoms with E-state index in [-0.39, 0.29) is 5.91 Å². The zero-order valence-electron chi connectivity index (χ0n) is 18.2. The van der Waals surface area contributed by atoms with Crippen molar-refractivity contribution in [3.63, 3.8) is 0 Å². The minimum atomic E-state index is 0.206. The Labute approximate surface area is 196 Å². The summed E-state index contributed by atoms with van der Waals surface area (Å²) in [6, 6.07) is 15.7. The predicted octanol–water partition coefficient (Wildman–Crippen LogP) is 4.17. The monoisotopic (exact) mass is 498 g/mol. The second-order valence-electron chi connectivity index (χ2n) is 7.87. The number of aromatic nitrogens is 2. The summed E-state index contributed by atoms with van der Waals surface area (Å²) in [5.41, 5.74) is 2.04. The quantitative estimate of drug-likeness (QED) is 0.486. The van der Waals surface area contributed by atoms with Gasteiger partial charge in [-0.05, 0) is 48.7 Å². The van der Waals surface area contributed by atoms with E-state index in [1.54, 1.807) is 7.11 Å². The van der Waals surface area contributed by atoms with Gasteiger partial charge in [0.25, 0.3) is 0 Å². The van der Waals surface area contributed by atoms with Crippen LogP contribution in [0.3, 0.4) is 0 Å². The van der Waals surface area contributed by atoms with Crippen LogP contribution in [0, 0.1) is 0 Å². The van der Waals surface area contributed by atoms with Crippen LogP contribution in [-0.2, 0) is 17.8 Å². The van der Waals surface area contributed by atoms with Crippen molar-refractivity contribution in [1.82, 2.24) is 20.0 Å². The predicted molar refractivity (Wildman–Crippen MR) is 125 cm³/mol. The number of hydrogen-bond donors (Lipinski definition) is 0. The van der Waals surface area contributed by atoms with Crippen LogP contribution in [0.2, 0.25) is 0 Å². The minimum absolute atomic E-state index is 0.206. The maximum absolute atomic E-state index is 12.7. The second-order valence-corrected chi connectivity index (χ2v) is 8.79. The molecule has 0 spiro atoms. The molecule has 2 heterocycles. The largest absolute Gasteiger partial charge is 0.497 e. The molecule has 168 valence electrons. The lowest BCUT2D eigenvalue weighted by Gasteiger charge is -2.21. The van der Waals surface area contributed by atoms with Gasteiger partial charge in [-0.15, -0.1) is 10.2 Å². The lowest BCUT2D eigenvalue weighted by Crippen LogP contribution is -2.35. The highest BCUT2D eigenvalue weighted by atomic mass is 79.9. The van der Waals surface area contributed by atoms with E-state index in [9.17, 15) is 4.79 Å². The number of methoxy groups -OCH3 is 1. The van der Waals surface area contributed by atoms with E-state index in [4.69, 9.17) is 9.15 Å². The Morgan fingerprint density at radius 2 is 1.94 bits per heavy atom. The number of benzene rings is 2. The van der Waals surface area contributed by atoms with Gasteiger partial charge in [0.1, 0.15) is 5.75 Å². The van der Waals surface area contributed by atoms with Crippen LogP contribution in [-0.4, -0.2) is 59.2 Å². The van der Waals surface area contributed by atoms with Gasteiger partial charge in [0.05, 0.1) is 13.7 Å². The van der Waals surface area contributed by atoms with Gasteiger partial charge in [-0.3, -0.25) is 9.69 Å². The van der Waals surface area contributed by atoms with Gasteiger partial charge in [0, 0.05) is 42.6 Å². The highest BCUT2D eigenvalue weighted by Gasteiger charge is 2.20. The zero-order valence-corrected chi connectivity index (χ0v) is 19.8. The zero-order chi connectivity index (χ0) is 22.3. The molecule has 1 aliphatic rings. The molecule has 0 atom stereocenters. The summed E-state index contributed by atoms with van der Waals surface area (Å²) in [4.78, 5) is 17.0. The molecule has 1 amide bonds. The number of halogens is 1. The SMILES string of the molecule is COc1ccc(CCC(=O)N2CCCN(Cc3nnc(-c4cccc(Br)c4)o3)CC2)cc1. The van der Waals surface area contributed by atoms with Gasteiger partial charge in [0.15, 0.2) is 0 Å². The maximum atomic E-state index is 12.7. The third kappa shape index (κ3) is 5.95. The van der Waals surface area contributed by atoms with Crippen molar-refractivity contribution in [3.8, 4) is 17.2 Å². The fourth-order valence-corrected chi connectivity index (χ4v) is 4.23. The number of aryl methyl sites for hydroxylation is 1. The van der Waals surface area contributed by atoms with Crippen molar-refractivity contribution in [3.05, 3.63) is 64.5 Å².